The number of nitrogens with one attached hydrogen (secondary N) is 2. The molecule has 2 aromatic rings. The lowest BCUT2D eigenvalue weighted by molar-refractivity contribution is -0.383. The van der Waals surface area contributed by atoms with Gasteiger partial charge < -0.3 is 10.3 Å². The summed E-state index contributed by atoms with van der Waals surface area (Å²) in [5.41, 5.74) is -0.679. The van der Waals surface area contributed by atoms with Crippen LogP contribution in [0.2, 0.25) is 5.02 Å². The molecule has 0 fully saturated rings. The largest absolute Gasteiger partial charge is 0.329 e. The van der Waals surface area contributed by atoms with Gasteiger partial charge in [0.25, 0.3) is 11.6 Å². The van der Waals surface area contributed by atoms with Crippen LogP contribution in [0.25, 0.3) is 0 Å². The van der Waals surface area contributed by atoms with Crippen LogP contribution in [0.5, 0.6) is 0 Å². The predicted octanol–water partition coefficient (Wildman–Crippen LogP) is 2.19. The monoisotopic (exact) mass is 293 g/mol. The normalized spacial score (nSPS) is 10.1. The standard InChI is InChI=1S/C12H8ClN3O4/c13-8-1-2-10(16(19)20)9(6-8)15-12(18)7-3-4-14-11(17)5-7/h1-6H,(H,14,17)(H,15,18). The topological polar surface area (TPSA) is 105 Å². The van der Waals surface area contributed by atoms with E-state index in [0.717, 1.165) is 6.07 Å². The lowest BCUT2D eigenvalue weighted by Gasteiger charge is -2.06. The molecule has 0 atom stereocenters. The minimum absolute atomic E-state index is 0.0345. The fourth-order valence-corrected chi connectivity index (χ4v) is 1.72. The summed E-state index contributed by atoms with van der Waals surface area (Å²) in [6, 6.07) is 6.28. The molecule has 0 radical (unpaired) electrons. The van der Waals surface area contributed by atoms with Crippen molar-refractivity contribution in [2.75, 3.05) is 5.32 Å². The molecule has 1 aromatic carbocycles. The first kappa shape index (κ1) is 13.8. The third-order valence-electron chi connectivity index (χ3n) is 2.44. The third kappa shape index (κ3) is 3.01. The molecule has 1 aromatic heterocycles. The van der Waals surface area contributed by atoms with Crippen LogP contribution >= 0.6 is 11.6 Å². The number of H-pyrrole nitrogens is 1. The van der Waals surface area contributed by atoms with Gasteiger partial charge in [0, 0.05) is 28.9 Å². The summed E-state index contributed by atoms with van der Waals surface area (Å²) in [5, 5.41) is 13.5. The van der Waals surface area contributed by atoms with E-state index in [2.05, 4.69) is 10.3 Å². The second-order valence-electron chi connectivity index (χ2n) is 3.81. The van der Waals surface area contributed by atoms with Crippen molar-refractivity contribution in [3.05, 3.63) is 67.6 Å². The first-order valence-corrected chi connectivity index (χ1v) is 5.79. The molecule has 0 aliphatic rings. The number of nitro groups is 1. The van der Waals surface area contributed by atoms with Crippen LogP contribution in [0.4, 0.5) is 11.4 Å². The van der Waals surface area contributed by atoms with Crippen LogP contribution < -0.4 is 10.9 Å². The van der Waals surface area contributed by atoms with Crippen molar-refractivity contribution in [2.45, 2.75) is 0 Å². The van der Waals surface area contributed by atoms with Crippen molar-refractivity contribution >= 4 is 28.9 Å². The number of anilines is 1. The molecule has 1 amide bonds. The highest BCUT2D eigenvalue weighted by Crippen LogP contribution is 2.27. The summed E-state index contributed by atoms with van der Waals surface area (Å²) in [5.74, 6) is -0.638. The number of aromatic amines is 1. The van der Waals surface area contributed by atoms with Gasteiger partial charge in [0.2, 0.25) is 5.56 Å². The Labute approximate surface area is 117 Å². The molecule has 7 nitrogen and oxygen atoms in total. The minimum atomic E-state index is -0.638. The number of amides is 1. The summed E-state index contributed by atoms with van der Waals surface area (Å²) < 4.78 is 0. The summed E-state index contributed by atoms with van der Waals surface area (Å²) in [7, 11) is 0. The van der Waals surface area contributed by atoms with Crippen molar-refractivity contribution in [3.63, 3.8) is 0 Å². The minimum Gasteiger partial charge on any atom is -0.329 e. The molecule has 1 heterocycles. The van der Waals surface area contributed by atoms with E-state index in [4.69, 9.17) is 11.6 Å². The van der Waals surface area contributed by atoms with E-state index in [0.29, 0.717) is 0 Å². The summed E-state index contributed by atoms with van der Waals surface area (Å²) in [6.07, 6.45) is 1.31. The van der Waals surface area contributed by atoms with Gasteiger partial charge in [-0.3, -0.25) is 19.7 Å². The lowest BCUT2D eigenvalue weighted by atomic mass is 10.2. The van der Waals surface area contributed by atoms with Crippen molar-refractivity contribution in [2.24, 2.45) is 0 Å². The lowest BCUT2D eigenvalue weighted by Crippen LogP contribution is -2.16. The quantitative estimate of drug-likeness (QED) is 0.668. The van der Waals surface area contributed by atoms with Crippen LogP contribution in [-0.4, -0.2) is 15.8 Å². The average Bonchev–Trinajstić information content (AvgIpc) is 2.38. The molecule has 0 saturated carbocycles. The van der Waals surface area contributed by atoms with Crippen LogP contribution in [0.15, 0.2) is 41.3 Å². The SMILES string of the molecule is O=C(Nc1cc(Cl)ccc1[N+](=O)[O-])c1cc[nH]c(=O)c1. The van der Waals surface area contributed by atoms with E-state index in [1.807, 2.05) is 0 Å². The van der Waals surface area contributed by atoms with E-state index in [9.17, 15) is 19.7 Å². The van der Waals surface area contributed by atoms with Crippen molar-refractivity contribution in [1.82, 2.24) is 4.98 Å². The number of benzene rings is 1. The molecule has 0 spiro atoms. The highest BCUT2D eigenvalue weighted by Gasteiger charge is 2.17. The first-order chi connectivity index (χ1) is 9.47. The number of carbonyl (C=O) groups excluding carboxylic acids is 1. The number of aromatic nitrogens is 1. The Kier molecular flexibility index (Phi) is 3.81. The van der Waals surface area contributed by atoms with Crippen LogP contribution in [-0.2, 0) is 0 Å². The highest BCUT2D eigenvalue weighted by atomic mass is 35.5. The van der Waals surface area contributed by atoms with E-state index >= 15 is 0 Å². The van der Waals surface area contributed by atoms with Crippen LogP contribution in [0, 0.1) is 10.1 Å². The zero-order valence-electron chi connectivity index (χ0n) is 9.92. The molecule has 8 heteroatoms. The molecule has 102 valence electrons. The zero-order valence-corrected chi connectivity index (χ0v) is 10.7. The van der Waals surface area contributed by atoms with E-state index in [1.54, 1.807) is 0 Å². The summed E-state index contributed by atoms with van der Waals surface area (Å²) >= 11 is 5.75. The fraction of sp³-hybridized carbons (Fsp3) is 0. The molecule has 0 aliphatic carbocycles. The highest BCUT2D eigenvalue weighted by molar-refractivity contribution is 6.31. The second-order valence-corrected chi connectivity index (χ2v) is 4.25. The third-order valence-corrected chi connectivity index (χ3v) is 2.68. The molecule has 2 N–H and O–H groups in total. The Morgan fingerprint density at radius 1 is 1.30 bits per heavy atom. The first-order valence-electron chi connectivity index (χ1n) is 5.41. The number of hydrogen-bond acceptors (Lipinski definition) is 4. The number of halogens is 1. The smallest absolute Gasteiger partial charge is 0.292 e. The van der Waals surface area contributed by atoms with Gasteiger partial charge in [0.05, 0.1) is 4.92 Å². The van der Waals surface area contributed by atoms with Gasteiger partial charge in [-0.2, -0.15) is 0 Å². The van der Waals surface area contributed by atoms with Gasteiger partial charge in [-0.25, -0.2) is 0 Å². The number of hydrogen-bond donors (Lipinski definition) is 2. The molecule has 0 aliphatic heterocycles. The Morgan fingerprint density at radius 3 is 2.70 bits per heavy atom. The van der Waals surface area contributed by atoms with Gasteiger partial charge in [-0.1, -0.05) is 11.6 Å². The van der Waals surface area contributed by atoms with Crippen molar-refractivity contribution < 1.29 is 9.72 Å². The van der Waals surface area contributed by atoms with Crippen LogP contribution in [0.1, 0.15) is 10.4 Å². The van der Waals surface area contributed by atoms with Gasteiger partial charge in [0.15, 0.2) is 0 Å². The Morgan fingerprint density at radius 2 is 2.05 bits per heavy atom. The molecule has 0 bridgehead atoms. The predicted molar refractivity (Wildman–Crippen MR) is 73.1 cm³/mol. The number of nitrogens with zero attached hydrogens (tertiary/aromatic N) is 1. The van der Waals surface area contributed by atoms with Gasteiger partial charge in [-0.15, -0.1) is 0 Å². The molecule has 20 heavy (non-hydrogen) atoms. The molecular formula is C12H8ClN3O4. The van der Waals surface area contributed by atoms with E-state index < -0.39 is 16.4 Å². The maximum absolute atomic E-state index is 11.9. The maximum atomic E-state index is 11.9. The maximum Gasteiger partial charge on any atom is 0.292 e. The average molecular weight is 294 g/mol. The number of pyridine rings is 1. The summed E-state index contributed by atoms with van der Waals surface area (Å²) in [6.45, 7) is 0. The van der Waals surface area contributed by atoms with Gasteiger partial charge >= 0.3 is 0 Å². The van der Waals surface area contributed by atoms with Crippen LogP contribution in [0.3, 0.4) is 0 Å². The Bertz CT molecular complexity index is 741. The van der Waals surface area contributed by atoms with Crippen molar-refractivity contribution in [3.8, 4) is 0 Å². The number of rotatable bonds is 3. The molecule has 2 rings (SSSR count). The molecule has 0 unspecified atom stereocenters. The second kappa shape index (κ2) is 5.54. The molecular weight excluding hydrogens is 286 g/mol. The van der Waals surface area contributed by atoms with E-state index in [1.165, 1.54) is 30.5 Å². The zero-order chi connectivity index (χ0) is 14.7. The van der Waals surface area contributed by atoms with Crippen molar-refractivity contribution in [1.29, 1.82) is 0 Å². The number of carbonyl (C=O) groups is 1. The van der Waals surface area contributed by atoms with Gasteiger partial charge in [-0.05, 0) is 18.2 Å². The fourth-order valence-electron chi connectivity index (χ4n) is 1.55. The Hall–Kier alpha value is -2.67. The number of nitro benzene ring substituents is 1. The molecule has 0 saturated heterocycles. The summed E-state index contributed by atoms with van der Waals surface area (Å²) in [4.78, 5) is 35.6. The Balaban J connectivity index is 2.34. The van der Waals surface area contributed by atoms with E-state index in [-0.39, 0.29) is 22.0 Å². The van der Waals surface area contributed by atoms with Gasteiger partial charge in [0.1, 0.15) is 5.69 Å².